The largest absolute Gasteiger partial charge is 0.486 e. The molecule has 11 nitrogen and oxygen atoms in total. The Morgan fingerprint density at radius 2 is 1.73 bits per heavy atom. The summed E-state index contributed by atoms with van der Waals surface area (Å²) < 4.78 is 74.1. The molecule has 6 rings (SSSR count). The third kappa shape index (κ3) is 6.31. The number of nitrogens with zero attached hydrogens (tertiary/aromatic N) is 5. The molecule has 1 fully saturated rings. The molecule has 1 aromatic carbocycles. The molecule has 0 saturated carbocycles. The van der Waals surface area contributed by atoms with Crippen LogP contribution in [0.5, 0.6) is 5.75 Å². The van der Waals surface area contributed by atoms with Crippen molar-refractivity contribution in [1.82, 2.24) is 19.0 Å². The standard InChI is InChI=1S/C35H36Cl2F4N6O5/c1-16(2)25-26(17(3)7-9-43-25)47-28-19(13-22(35(39,40)41)46(31(28)48)29-23(38)20(36)14-21(37)24(29)42)27-30(32(47)49)51-12-8-18-15-44(10-11-45(18)27)33(50)52-34(4,5)6/h7,9,13-14,16,18H,8,10-12,15,42H2,1-6H3/t18-/m0/s1. The fourth-order valence-corrected chi connectivity index (χ4v) is 7.22. The van der Waals surface area contributed by atoms with Crippen molar-refractivity contribution in [2.75, 3.05) is 36.9 Å². The molecule has 2 aliphatic heterocycles. The van der Waals surface area contributed by atoms with E-state index in [4.69, 9.17) is 38.4 Å². The van der Waals surface area contributed by atoms with E-state index in [1.54, 1.807) is 52.5 Å². The van der Waals surface area contributed by atoms with Gasteiger partial charge in [-0.15, -0.1) is 0 Å². The lowest BCUT2D eigenvalue weighted by molar-refractivity contribution is -0.142. The van der Waals surface area contributed by atoms with Crippen molar-refractivity contribution in [2.45, 2.75) is 71.7 Å². The van der Waals surface area contributed by atoms with Crippen molar-refractivity contribution in [1.29, 1.82) is 0 Å². The normalized spacial score (nSPS) is 16.4. The van der Waals surface area contributed by atoms with E-state index >= 15 is 17.6 Å². The van der Waals surface area contributed by atoms with Gasteiger partial charge in [0.05, 0.1) is 45.5 Å². The number of aromatic nitrogens is 3. The van der Waals surface area contributed by atoms with Gasteiger partial charge in [0.15, 0.2) is 5.82 Å². The summed E-state index contributed by atoms with van der Waals surface area (Å²) in [5.41, 5.74) is 0.0793. The van der Waals surface area contributed by atoms with Crippen LogP contribution >= 0.6 is 23.2 Å². The van der Waals surface area contributed by atoms with Gasteiger partial charge in [-0.1, -0.05) is 37.0 Å². The maximum atomic E-state index is 15.8. The van der Waals surface area contributed by atoms with Crippen LogP contribution < -0.4 is 26.5 Å². The van der Waals surface area contributed by atoms with E-state index < -0.39 is 73.5 Å². The minimum absolute atomic E-state index is 0.0356. The zero-order valence-electron chi connectivity index (χ0n) is 29.1. The quantitative estimate of drug-likeness (QED) is 0.132. The minimum Gasteiger partial charge on any atom is -0.486 e. The van der Waals surface area contributed by atoms with Crippen LogP contribution in [0.4, 0.5) is 33.7 Å². The number of alkyl halides is 3. The molecule has 0 aliphatic carbocycles. The number of fused-ring (bicyclic) bond motifs is 5. The van der Waals surface area contributed by atoms with E-state index in [-0.39, 0.29) is 65.7 Å². The topological polar surface area (TPSA) is 125 Å². The average Bonchev–Trinajstić information content (AvgIpc) is 3.24. The summed E-state index contributed by atoms with van der Waals surface area (Å²) in [6.45, 7) is 10.6. The van der Waals surface area contributed by atoms with Gasteiger partial charge in [0.1, 0.15) is 22.5 Å². The number of aryl methyl sites for hydroxylation is 1. The number of ether oxygens (including phenoxy) is 2. The number of anilines is 2. The van der Waals surface area contributed by atoms with Crippen LogP contribution in [0.15, 0.2) is 34.0 Å². The van der Waals surface area contributed by atoms with Gasteiger partial charge in [-0.25, -0.2) is 9.18 Å². The van der Waals surface area contributed by atoms with E-state index in [9.17, 15) is 14.4 Å². The molecular weight excluding hydrogens is 731 g/mol. The molecule has 1 amide bonds. The molecule has 0 bridgehead atoms. The Hall–Kier alpha value is -4.50. The highest BCUT2D eigenvalue weighted by molar-refractivity contribution is 6.37. The van der Waals surface area contributed by atoms with Crippen LogP contribution in [0.3, 0.4) is 0 Å². The van der Waals surface area contributed by atoms with Crippen LogP contribution in [0.2, 0.25) is 10.0 Å². The number of rotatable bonds is 3. The molecule has 5 heterocycles. The Morgan fingerprint density at radius 3 is 2.37 bits per heavy atom. The number of pyridine rings is 3. The van der Waals surface area contributed by atoms with Crippen molar-refractivity contribution >= 4 is 51.6 Å². The number of hydrogen-bond acceptors (Lipinski definition) is 8. The van der Waals surface area contributed by atoms with Crippen LogP contribution in [0, 0.1) is 12.7 Å². The molecule has 1 atom stereocenters. The number of carbonyl (C=O) groups excluding carboxylic acids is 1. The zero-order chi connectivity index (χ0) is 38.2. The van der Waals surface area contributed by atoms with Crippen LogP contribution in [0.25, 0.3) is 22.3 Å². The highest BCUT2D eigenvalue weighted by Gasteiger charge is 2.42. The SMILES string of the molecule is Cc1ccnc(C(C)C)c1-n1c(=O)c2c(c3cc(C(F)(F)F)n(-c4c(N)c(Cl)cc(Cl)c4F)c(=O)c31)N1CCN(C(=O)OC(C)(C)C)C[C@@H]1CCO2. The zero-order valence-corrected chi connectivity index (χ0v) is 30.6. The van der Waals surface area contributed by atoms with Gasteiger partial charge in [-0.05, 0) is 57.4 Å². The average molecular weight is 768 g/mol. The molecule has 17 heteroatoms. The highest BCUT2D eigenvalue weighted by Crippen LogP contribution is 2.43. The molecule has 0 radical (unpaired) electrons. The first-order chi connectivity index (χ1) is 24.2. The predicted molar refractivity (Wildman–Crippen MR) is 190 cm³/mol. The second-order valence-electron chi connectivity index (χ2n) is 14.1. The van der Waals surface area contributed by atoms with E-state index in [2.05, 4.69) is 4.98 Å². The summed E-state index contributed by atoms with van der Waals surface area (Å²) in [4.78, 5) is 50.4. The summed E-state index contributed by atoms with van der Waals surface area (Å²) in [6, 6.07) is 2.62. The predicted octanol–water partition coefficient (Wildman–Crippen LogP) is 7.22. The van der Waals surface area contributed by atoms with Gasteiger partial charge >= 0.3 is 12.3 Å². The van der Waals surface area contributed by atoms with Crippen molar-refractivity contribution in [3.05, 3.63) is 77.9 Å². The number of amides is 1. The van der Waals surface area contributed by atoms with Crippen molar-refractivity contribution < 1.29 is 31.8 Å². The lowest BCUT2D eigenvalue weighted by Gasteiger charge is -2.42. The van der Waals surface area contributed by atoms with Gasteiger partial charge in [-0.3, -0.25) is 23.7 Å². The lowest BCUT2D eigenvalue weighted by Crippen LogP contribution is -2.55. The maximum absolute atomic E-state index is 15.8. The number of halogens is 6. The Bertz CT molecular complexity index is 2220. The fraction of sp³-hybridized carbons (Fsp3) is 0.429. The van der Waals surface area contributed by atoms with Gasteiger partial charge in [0.25, 0.3) is 11.1 Å². The number of hydrogen-bond donors (Lipinski definition) is 1. The first-order valence-electron chi connectivity index (χ1n) is 16.5. The van der Waals surface area contributed by atoms with E-state index in [0.29, 0.717) is 17.3 Å². The summed E-state index contributed by atoms with van der Waals surface area (Å²) in [7, 11) is 0. The number of nitrogens with two attached hydrogens (primary N) is 1. The third-order valence-corrected chi connectivity index (χ3v) is 9.60. The minimum atomic E-state index is -5.28. The number of benzene rings is 1. The van der Waals surface area contributed by atoms with E-state index in [1.165, 1.54) is 11.1 Å². The third-order valence-electron chi connectivity index (χ3n) is 9.02. The van der Waals surface area contributed by atoms with Crippen LogP contribution in [0.1, 0.15) is 63.9 Å². The number of nitrogen functional groups attached to an aromatic ring is 1. The van der Waals surface area contributed by atoms with Crippen LogP contribution in [-0.2, 0) is 10.9 Å². The van der Waals surface area contributed by atoms with E-state index in [0.717, 1.165) is 10.6 Å². The lowest BCUT2D eigenvalue weighted by atomic mass is 10.0. The molecule has 3 aromatic heterocycles. The van der Waals surface area contributed by atoms with Crippen LogP contribution in [-0.4, -0.2) is 63.0 Å². The monoisotopic (exact) mass is 766 g/mol. The molecule has 278 valence electrons. The Morgan fingerprint density at radius 1 is 1.04 bits per heavy atom. The molecule has 52 heavy (non-hydrogen) atoms. The first-order valence-corrected chi connectivity index (χ1v) is 17.2. The molecule has 4 aromatic rings. The summed E-state index contributed by atoms with van der Waals surface area (Å²) in [5.74, 6) is -2.04. The number of carbonyl (C=O) groups is 1. The van der Waals surface area contributed by atoms with Crippen molar-refractivity contribution in [2.24, 2.45) is 0 Å². The van der Waals surface area contributed by atoms with Gasteiger partial charge in [0.2, 0.25) is 5.75 Å². The first kappa shape index (κ1) is 37.3. The molecule has 0 unspecified atom stereocenters. The second-order valence-corrected chi connectivity index (χ2v) is 14.9. The maximum Gasteiger partial charge on any atom is 0.431 e. The molecular formula is C35H36Cl2F4N6O5. The van der Waals surface area contributed by atoms with Gasteiger partial charge < -0.3 is 25.0 Å². The molecule has 2 aliphatic rings. The fourth-order valence-electron chi connectivity index (χ4n) is 6.77. The molecule has 0 spiro atoms. The van der Waals surface area contributed by atoms with Crippen molar-refractivity contribution in [3.63, 3.8) is 0 Å². The Balaban J connectivity index is 1.77. The van der Waals surface area contributed by atoms with E-state index in [1.807, 2.05) is 0 Å². The van der Waals surface area contributed by atoms with Gasteiger partial charge in [-0.2, -0.15) is 13.2 Å². The smallest absolute Gasteiger partial charge is 0.431 e. The Kier molecular flexibility index (Phi) is 9.44. The van der Waals surface area contributed by atoms with Crippen molar-refractivity contribution in [3.8, 4) is 17.1 Å². The summed E-state index contributed by atoms with van der Waals surface area (Å²) in [5, 5.41) is -1.38. The van der Waals surface area contributed by atoms with Gasteiger partial charge in [0, 0.05) is 37.6 Å². The summed E-state index contributed by atoms with van der Waals surface area (Å²) in [6.07, 6.45) is -4.07. The summed E-state index contributed by atoms with van der Waals surface area (Å²) >= 11 is 12.2. The highest BCUT2D eigenvalue weighted by atomic mass is 35.5. The number of piperazine rings is 1. The molecule has 2 N–H and O–H groups in total. The molecule has 1 saturated heterocycles. The Labute approximate surface area is 305 Å². The second kappa shape index (κ2) is 13.2.